The van der Waals surface area contributed by atoms with E-state index in [0.717, 1.165) is 17.0 Å². The number of hydrogen-bond acceptors (Lipinski definition) is 4. The van der Waals surface area contributed by atoms with Crippen LogP contribution in [-0.2, 0) is 11.3 Å². The van der Waals surface area contributed by atoms with Crippen molar-refractivity contribution in [1.82, 2.24) is 4.98 Å². The van der Waals surface area contributed by atoms with Gasteiger partial charge in [-0.05, 0) is 42.0 Å². The molecule has 0 fully saturated rings. The Morgan fingerprint density at radius 2 is 1.78 bits per heavy atom. The largest absolute Gasteiger partial charge is 0.493 e. The SMILES string of the molecule is O=C(CCOc1ccccc1)Nc1ccc(NCc2ccc(F)cc2)cn1. The van der Waals surface area contributed by atoms with Gasteiger partial charge in [-0.2, -0.15) is 0 Å². The van der Waals surface area contributed by atoms with Crippen molar-refractivity contribution in [3.05, 3.63) is 84.3 Å². The lowest BCUT2D eigenvalue weighted by Gasteiger charge is -2.09. The van der Waals surface area contributed by atoms with Crippen LogP contribution in [0.15, 0.2) is 72.9 Å². The summed E-state index contributed by atoms with van der Waals surface area (Å²) in [6, 6.07) is 19.2. The Hall–Kier alpha value is -3.41. The van der Waals surface area contributed by atoms with E-state index in [1.165, 1.54) is 12.1 Å². The number of para-hydroxylation sites is 1. The highest BCUT2D eigenvalue weighted by molar-refractivity contribution is 5.89. The Balaban J connectivity index is 1.41. The quantitative estimate of drug-likeness (QED) is 0.627. The van der Waals surface area contributed by atoms with Gasteiger partial charge in [0.15, 0.2) is 0 Å². The van der Waals surface area contributed by atoms with E-state index in [0.29, 0.717) is 19.0 Å². The van der Waals surface area contributed by atoms with Crippen LogP contribution in [0.4, 0.5) is 15.9 Å². The van der Waals surface area contributed by atoms with Gasteiger partial charge < -0.3 is 15.4 Å². The lowest BCUT2D eigenvalue weighted by atomic mass is 10.2. The Labute approximate surface area is 157 Å². The highest BCUT2D eigenvalue weighted by atomic mass is 19.1. The van der Waals surface area contributed by atoms with Crippen LogP contribution in [0.5, 0.6) is 5.75 Å². The summed E-state index contributed by atoms with van der Waals surface area (Å²) in [7, 11) is 0. The molecule has 3 aromatic rings. The third-order valence-corrected chi connectivity index (χ3v) is 3.78. The molecule has 2 N–H and O–H groups in total. The summed E-state index contributed by atoms with van der Waals surface area (Å²) in [6.07, 6.45) is 1.88. The Morgan fingerprint density at radius 1 is 1.00 bits per heavy atom. The number of rotatable bonds is 8. The van der Waals surface area contributed by atoms with Gasteiger partial charge in [-0.15, -0.1) is 0 Å². The summed E-state index contributed by atoms with van der Waals surface area (Å²) in [4.78, 5) is 16.2. The van der Waals surface area contributed by atoms with E-state index in [-0.39, 0.29) is 18.1 Å². The van der Waals surface area contributed by atoms with Crippen LogP contribution in [0, 0.1) is 5.82 Å². The number of halogens is 1. The number of amides is 1. The molecule has 5 nitrogen and oxygen atoms in total. The average molecular weight is 365 g/mol. The molecular weight excluding hydrogens is 345 g/mol. The molecule has 0 bridgehead atoms. The number of hydrogen-bond donors (Lipinski definition) is 2. The summed E-state index contributed by atoms with van der Waals surface area (Å²) in [6.45, 7) is 0.859. The van der Waals surface area contributed by atoms with Crippen LogP contribution < -0.4 is 15.4 Å². The number of pyridine rings is 1. The van der Waals surface area contributed by atoms with Crippen molar-refractivity contribution in [1.29, 1.82) is 0 Å². The lowest BCUT2D eigenvalue weighted by Crippen LogP contribution is -2.16. The third-order valence-electron chi connectivity index (χ3n) is 3.78. The van der Waals surface area contributed by atoms with Gasteiger partial charge in [0, 0.05) is 6.54 Å². The molecule has 27 heavy (non-hydrogen) atoms. The van der Waals surface area contributed by atoms with E-state index >= 15 is 0 Å². The van der Waals surface area contributed by atoms with Crippen LogP contribution in [-0.4, -0.2) is 17.5 Å². The molecule has 0 unspecified atom stereocenters. The molecule has 0 aliphatic heterocycles. The minimum absolute atomic E-state index is 0.162. The van der Waals surface area contributed by atoms with Crippen LogP contribution in [0.2, 0.25) is 0 Å². The summed E-state index contributed by atoms with van der Waals surface area (Å²) in [5.74, 6) is 0.798. The second-order valence-corrected chi connectivity index (χ2v) is 5.87. The first-order chi connectivity index (χ1) is 13.2. The molecule has 1 aromatic heterocycles. The van der Waals surface area contributed by atoms with E-state index in [9.17, 15) is 9.18 Å². The minimum Gasteiger partial charge on any atom is -0.493 e. The summed E-state index contributed by atoms with van der Waals surface area (Å²) >= 11 is 0. The van der Waals surface area contributed by atoms with E-state index in [1.807, 2.05) is 36.4 Å². The number of nitrogens with one attached hydrogen (secondary N) is 2. The Morgan fingerprint density at radius 3 is 2.48 bits per heavy atom. The van der Waals surface area contributed by atoms with Gasteiger partial charge in [-0.25, -0.2) is 9.37 Å². The minimum atomic E-state index is -0.255. The smallest absolute Gasteiger partial charge is 0.228 e. The zero-order valence-corrected chi connectivity index (χ0v) is 14.7. The van der Waals surface area contributed by atoms with Crippen molar-refractivity contribution in [2.75, 3.05) is 17.2 Å². The predicted molar refractivity (Wildman–Crippen MR) is 103 cm³/mol. The summed E-state index contributed by atoms with van der Waals surface area (Å²) in [5, 5.41) is 5.93. The standard InChI is InChI=1S/C21H20FN3O2/c22-17-8-6-16(7-9-17)14-23-18-10-11-20(24-15-18)25-21(26)12-13-27-19-4-2-1-3-5-19/h1-11,15,23H,12-14H2,(H,24,25,26). The second-order valence-electron chi connectivity index (χ2n) is 5.87. The van der Waals surface area contributed by atoms with Gasteiger partial charge in [-0.1, -0.05) is 30.3 Å². The maximum absolute atomic E-state index is 12.9. The molecule has 0 saturated carbocycles. The van der Waals surface area contributed by atoms with E-state index in [2.05, 4.69) is 15.6 Å². The summed E-state index contributed by atoms with van der Waals surface area (Å²) in [5.41, 5.74) is 1.77. The molecule has 1 amide bonds. The summed E-state index contributed by atoms with van der Waals surface area (Å²) < 4.78 is 18.4. The molecule has 138 valence electrons. The molecule has 0 aliphatic rings. The van der Waals surface area contributed by atoms with E-state index in [1.54, 1.807) is 24.4 Å². The van der Waals surface area contributed by atoms with Crippen molar-refractivity contribution in [3.8, 4) is 5.75 Å². The number of nitrogens with zero attached hydrogens (tertiary/aromatic N) is 1. The predicted octanol–water partition coefficient (Wildman–Crippen LogP) is 4.24. The van der Waals surface area contributed by atoms with Crippen LogP contribution in [0.25, 0.3) is 0 Å². The fourth-order valence-corrected chi connectivity index (χ4v) is 2.36. The van der Waals surface area contributed by atoms with Crippen molar-refractivity contribution in [2.45, 2.75) is 13.0 Å². The van der Waals surface area contributed by atoms with Gasteiger partial charge in [0.2, 0.25) is 5.91 Å². The third kappa shape index (κ3) is 6.11. The number of carbonyl (C=O) groups excluding carboxylic acids is 1. The second kappa shape index (κ2) is 9.33. The first kappa shape index (κ1) is 18.4. The fraction of sp³-hybridized carbons (Fsp3) is 0.143. The fourth-order valence-electron chi connectivity index (χ4n) is 2.36. The number of anilines is 2. The monoisotopic (exact) mass is 365 g/mol. The lowest BCUT2D eigenvalue weighted by molar-refractivity contribution is -0.116. The van der Waals surface area contributed by atoms with Crippen molar-refractivity contribution < 1.29 is 13.9 Å². The van der Waals surface area contributed by atoms with Crippen molar-refractivity contribution in [2.24, 2.45) is 0 Å². The van der Waals surface area contributed by atoms with Gasteiger partial charge >= 0.3 is 0 Å². The normalized spacial score (nSPS) is 10.3. The van der Waals surface area contributed by atoms with Crippen LogP contribution >= 0.6 is 0 Å². The zero-order valence-electron chi connectivity index (χ0n) is 14.7. The van der Waals surface area contributed by atoms with E-state index in [4.69, 9.17) is 4.74 Å². The van der Waals surface area contributed by atoms with Crippen LogP contribution in [0.3, 0.4) is 0 Å². The molecule has 0 radical (unpaired) electrons. The van der Waals surface area contributed by atoms with E-state index < -0.39 is 0 Å². The van der Waals surface area contributed by atoms with Gasteiger partial charge in [0.05, 0.1) is 24.9 Å². The first-order valence-corrected chi connectivity index (χ1v) is 8.61. The first-order valence-electron chi connectivity index (χ1n) is 8.61. The van der Waals surface area contributed by atoms with Crippen molar-refractivity contribution >= 4 is 17.4 Å². The number of aromatic nitrogens is 1. The molecule has 3 rings (SSSR count). The molecule has 0 atom stereocenters. The van der Waals surface area contributed by atoms with Gasteiger partial charge in [0.25, 0.3) is 0 Å². The van der Waals surface area contributed by atoms with Gasteiger partial charge in [0.1, 0.15) is 17.4 Å². The maximum atomic E-state index is 12.9. The molecule has 0 aliphatic carbocycles. The Kier molecular flexibility index (Phi) is 6.35. The number of benzene rings is 2. The van der Waals surface area contributed by atoms with Gasteiger partial charge in [-0.3, -0.25) is 4.79 Å². The zero-order chi connectivity index (χ0) is 18.9. The number of carbonyl (C=O) groups is 1. The molecule has 6 heteroatoms. The molecule has 2 aromatic carbocycles. The highest BCUT2D eigenvalue weighted by Crippen LogP contribution is 2.13. The molecular formula is C21H20FN3O2. The molecule has 0 saturated heterocycles. The van der Waals surface area contributed by atoms with Crippen molar-refractivity contribution in [3.63, 3.8) is 0 Å². The van der Waals surface area contributed by atoms with Crippen LogP contribution in [0.1, 0.15) is 12.0 Å². The topological polar surface area (TPSA) is 63.2 Å². The molecule has 0 spiro atoms. The maximum Gasteiger partial charge on any atom is 0.228 e. The Bertz CT molecular complexity index is 853. The average Bonchev–Trinajstić information content (AvgIpc) is 2.69. The number of ether oxygens (including phenoxy) is 1. The highest BCUT2D eigenvalue weighted by Gasteiger charge is 2.04. The molecule has 1 heterocycles.